The van der Waals surface area contributed by atoms with Crippen molar-refractivity contribution in [3.05, 3.63) is 29.6 Å². The van der Waals surface area contributed by atoms with E-state index in [1.807, 2.05) is 6.92 Å². The maximum Gasteiger partial charge on any atom is 0.257 e. The molecule has 2 rings (SSSR count). The minimum absolute atomic E-state index is 0.0345. The molecule has 0 radical (unpaired) electrons. The average molecular weight is 253 g/mol. The molecule has 0 bridgehead atoms. The van der Waals surface area contributed by atoms with Gasteiger partial charge in [-0.2, -0.15) is 0 Å². The summed E-state index contributed by atoms with van der Waals surface area (Å²) in [5.41, 5.74) is 0.0737. The molecule has 1 atom stereocenters. The third-order valence-corrected chi connectivity index (χ3v) is 3.04. The van der Waals surface area contributed by atoms with Crippen LogP contribution in [0.1, 0.15) is 17.3 Å². The Morgan fingerprint density at radius 3 is 2.94 bits per heavy atom. The molecule has 4 nitrogen and oxygen atoms in total. The van der Waals surface area contributed by atoms with Crippen LogP contribution in [0.25, 0.3) is 0 Å². The average Bonchev–Trinajstić information content (AvgIpc) is 2.38. The number of carbonyl (C=O) groups is 1. The second-order valence-corrected chi connectivity index (χ2v) is 4.27. The molecule has 1 aromatic carbocycles. The first-order valence-corrected chi connectivity index (χ1v) is 5.85. The summed E-state index contributed by atoms with van der Waals surface area (Å²) in [5, 5.41) is 0. The Morgan fingerprint density at radius 2 is 2.33 bits per heavy atom. The molecule has 0 saturated carbocycles. The number of rotatable bonds is 2. The number of morpholine rings is 1. The van der Waals surface area contributed by atoms with E-state index in [-0.39, 0.29) is 17.5 Å². The van der Waals surface area contributed by atoms with Crippen molar-refractivity contribution in [3.63, 3.8) is 0 Å². The fourth-order valence-corrected chi connectivity index (χ4v) is 1.98. The van der Waals surface area contributed by atoms with Gasteiger partial charge in [0.1, 0.15) is 11.6 Å². The highest BCUT2D eigenvalue weighted by Gasteiger charge is 2.26. The van der Waals surface area contributed by atoms with Crippen LogP contribution in [0.4, 0.5) is 4.39 Å². The summed E-state index contributed by atoms with van der Waals surface area (Å²) in [7, 11) is 1.46. The Labute approximate surface area is 105 Å². The number of nitrogens with zero attached hydrogens (tertiary/aromatic N) is 1. The van der Waals surface area contributed by atoms with Gasteiger partial charge >= 0.3 is 0 Å². The molecule has 5 heteroatoms. The number of ether oxygens (including phenoxy) is 2. The van der Waals surface area contributed by atoms with Crippen LogP contribution >= 0.6 is 0 Å². The summed E-state index contributed by atoms with van der Waals surface area (Å²) in [6, 6.07) is 4.23. The van der Waals surface area contributed by atoms with Crippen molar-refractivity contribution in [2.75, 3.05) is 26.9 Å². The van der Waals surface area contributed by atoms with E-state index in [1.54, 1.807) is 11.0 Å². The minimum atomic E-state index is -0.557. The molecular weight excluding hydrogens is 237 g/mol. The van der Waals surface area contributed by atoms with Gasteiger partial charge in [-0.25, -0.2) is 4.39 Å². The predicted molar refractivity (Wildman–Crippen MR) is 64.3 cm³/mol. The van der Waals surface area contributed by atoms with Crippen LogP contribution in [0.3, 0.4) is 0 Å². The van der Waals surface area contributed by atoms with Crippen LogP contribution in [-0.4, -0.2) is 43.7 Å². The van der Waals surface area contributed by atoms with Gasteiger partial charge in [0.15, 0.2) is 0 Å². The lowest BCUT2D eigenvalue weighted by molar-refractivity contribution is 0.00335. The number of hydrogen-bond donors (Lipinski definition) is 0. The van der Waals surface area contributed by atoms with Gasteiger partial charge < -0.3 is 14.4 Å². The predicted octanol–water partition coefficient (Wildman–Crippen LogP) is 1.70. The van der Waals surface area contributed by atoms with Crippen molar-refractivity contribution in [2.24, 2.45) is 0 Å². The van der Waals surface area contributed by atoms with E-state index in [9.17, 15) is 9.18 Å². The van der Waals surface area contributed by atoms with Crippen molar-refractivity contribution in [2.45, 2.75) is 13.0 Å². The number of halogens is 1. The Balaban J connectivity index is 2.22. The molecular formula is C13H16FNO3. The summed E-state index contributed by atoms with van der Waals surface area (Å²) < 4.78 is 24.0. The fourth-order valence-electron chi connectivity index (χ4n) is 1.98. The molecule has 1 aliphatic heterocycles. The van der Waals surface area contributed by atoms with Crippen molar-refractivity contribution >= 4 is 5.91 Å². The van der Waals surface area contributed by atoms with E-state index < -0.39 is 5.82 Å². The third kappa shape index (κ3) is 2.46. The van der Waals surface area contributed by atoms with Crippen LogP contribution in [-0.2, 0) is 4.74 Å². The zero-order valence-corrected chi connectivity index (χ0v) is 10.5. The Bertz CT molecular complexity index is 450. The monoisotopic (exact) mass is 253 g/mol. The molecule has 0 unspecified atom stereocenters. The largest absolute Gasteiger partial charge is 0.497 e. The van der Waals surface area contributed by atoms with E-state index >= 15 is 0 Å². The number of methoxy groups -OCH3 is 1. The van der Waals surface area contributed by atoms with Crippen molar-refractivity contribution in [1.82, 2.24) is 4.90 Å². The van der Waals surface area contributed by atoms with Crippen molar-refractivity contribution in [3.8, 4) is 5.75 Å². The van der Waals surface area contributed by atoms with E-state index in [0.29, 0.717) is 25.5 Å². The standard InChI is InChI=1S/C13H16FNO3/c1-9-8-18-6-5-15(9)13(16)11-4-3-10(17-2)7-12(11)14/h3-4,7,9H,5-6,8H2,1-2H3/t9-/m1/s1. The second-order valence-electron chi connectivity index (χ2n) is 4.27. The quantitative estimate of drug-likeness (QED) is 0.805. The lowest BCUT2D eigenvalue weighted by Crippen LogP contribution is -2.47. The number of carbonyl (C=O) groups excluding carboxylic acids is 1. The van der Waals surface area contributed by atoms with E-state index in [0.717, 1.165) is 0 Å². The second kappa shape index (κ2) is 5.35. The molecule has 1 saturated heterocycles. The molecule has 1 aromatic rings. The smallest absolute Gasteiger partial charge is 0.257 e. The first-order chi connectivity index (χ1) is 8.63. The molecule has 1 amide bonds. The summed E-state index contributed by atoms with van der Waals surface area (Å²) in [4.78, 5) is 13.9. The molecule has 0 aromatic heterocycles. The first-order valence-electron chi connectivity index (χ1n) is 5.85. The molecule has 18 heavy (non-hydrogen) atoms. The molecule has 0 N–H and O–H groups in total. The summed E-state index contributed by atoms with van der Waals surface area (Å²) in [6.45, 7) is 3.36. The zero-order chi connectivity index (χ0) is 13.1. The maximum atomic E-state index is 13.8. The lowest BCUT2D eigenvalue weighted by atomic mass is 10.1. The Hall–Kier alpha value is -1.62. The van der Waals surface area contributed by atoms with Gasteiger partial charge in [-0.05, 0) is 19.1 Å². The van der Waals surface area contributed by atoms with E-state index in [1.165, 1.54) is 19.2 Å². The molecule has 1 heterocycles. The van der Waals surface area contributed by atoms with E-state index in [2.05, 4.69) is 0 Å². The van der Waals surface area contributed by atoms with Gasteiger partial charge in [-0.1, -0.05) is 0 Å². The van der Waals surface area contributed by atoms with Gasteiger partial charge in [0.05, 0.1) is 31.9 Å². The molecule has 1 fully saturated rings. The van der Waals surface area contributed by atoms with Crippen LogP contribution in [0.5, 0.6) is 5.75 Å². The summed E-state index contributed by atoms with van der Waals surface area (Å²) in [6.07, 6.45) is 0. The van der Waals surface area contributed by atoms with Crippen LogP contribution in [0.2, 0.25) is 0 Å². The van der Waals surface area contributed by atoms with Crippen LogP contribution < -0.4 is 4.74 Å². The SMILES string of the molecule is COc1ccc(C(=O)N2CCOC[C@H]2C)c(F)c1. The maximum absolute atomic E-state index is 13.8. The van der Waals surface area contributed by atoms with Gasteiger partial charge in [-0.3, -0.25) is 4.79 Å². The summed E-state index contributed by atoms with van der Waals surface area (Å²) >= 11 is 0. The fraction of sp³-hybridized carbons (Fsp3) is 0.462. The minimum Gasteiger partial charge on any atom is -0.497 e. The van der Waals surface area contributed by atoms with Gasteiger partial charge in [0.25, 0.3) is 5.91 Å². The molecule has 0 aliphatic carbocycles. The lowest BCUT2D eigenvalue weighted by Gasteiger charge is -2.33. The van der Waals surface area contributed by atoms with Gasteiger partial charge in [0, 0.05) is 12.6 Å². The molecule has 0 spiro atoms. The van der Waals surface area contributed by atoms with Crippen LogP contribution in [0, 0.1) is 5.82 Å². The van der Waals surface area contributed by atoms with Gasteiger partial charge in [-0.15, -0.1) is 0 Å². The Kier molecular flexibility index (Phi) is 3.81. The summed E-state index contributed by atoms with van der Waals surface area (Å²) in [5.74, 6) is -0.455. The van der Waals surface area contributed by atoms with Crippen molar-refractivity contribution < 1.29 is 18.7 Å². The number of hydrogen-bond acceptors (Lipinski definition) is 3. The number of benzene rings is 1. The van der Waals surface area contributed by atoms with Gasteiger partial charge in [0.2, 0.25) is 0 Å². The number of amides is 1. The topological polar surface area (TPSA) is 38.8 Å². The van der Waals surface area contributed by atoms with E-state index in [4.69, 9.17) is 9.47 Å². The van der Waals surface area contributed by atoms with Crippen molar-refractivity contribution in [1.29, 1.82) is 0 Å². The van der Waals surface area contributed by atoms with Crippen LogP contribution in [0.15, 0.2) is 18.2 Å². The first kappa shape index (κ1) is 12.8. The molecule has 1 aliphatic rings. The highest BCUT2D eigenvalue weighted by Crippen LogP contribution is 2.19. The zero-order valence-electron chi connectivity index (χ0n) is 10.5. The molecule has 98 valence electrons. The highest BCUT2D eigenvalue weighted by atomic mass is 19.1. The third-order valence-electron chi connectivity index (χ3n) is 3.04. The highest BCUT2D eigenvalue weighted by molar-refractivity contribution is 5.94. The normalized spacial score (nSPS) is 19.7. The Morgan fingerprint density at radius 1 is 1.56 bits per heavy atom.